The maximum Gasteiger partial charge on any atom is 0.409 e. The van der Waals surface area contributed by atoms with E-state index in [4.69, 9.17) is 4.74 Å². The van der Waals surface area contributed by atoms with Crippen LogP contribution in [0.15, 0.2) is 18.2 Å². The van der Waals surface area contributed by atoms with Gasteiger partial charge in [-0.2, -0.15) is 0 Å². The van der Waals surface area contributed by atoms with E-state index in [2.05, 4.69) is 10.3 Å². The fraction of sp³-hybridized carbons (Fsp3) is 0.412. The fourth-order valence-corrected chi connectivity index (χ4v) is 3.70. The molecule has 0 saturated carbocycles. The number of fused-ring (bicyclic) bond motifs is 1. The first-order valence-corrected chi connectivity index (χ1v) is 9.18. The number of benzene rings is 1. The first kappa shape index (κ1) is 18.1. The van der Waals surface area contributed by atoms with Crippen LogP contribution in [0.25, 0.3) is 10.2 Å². The fourth-order valence-electron chi connectivity index (χ4n) is 2.75. The van der Waals surface area contributed by atoms with Gasteiger partial charge in [0.05, 0.1) is 16.8 Å². The highest BCUT2D eigenvalue weighted by Gasteiger charge is 2.25. The zero-order chi connectivity index (χ0) is 18.7. The molecule has 3 rings (SSSR count). The number of nitrogens with zero attached hydrogens (tertiary/aromatic N) is 3. The van der Waals surface area contributed by atoms with Gasteiger partial charge in [0.2, 0.25) is 5.91 Å². The Bertz CT molecular complexity index is 842. The Labute approximate surface area is 154 Å². The molecule has 26 heavy (non-hydrogen) atoms. The number of hydrogen-bond acceptors (Lipinski definition) is 6. The SMILES string of the molecule is CCOC(=O)N1CCN(C(=O)c2ccc3nc(NC(C)=O)sc3c2)CC1. The standard InChI is InChI=1S/C17H20N4O4S/c1-3-25-17(24)21-8-6-20(7-9-21)15(23)12-4-5-13-14(10-12)26-16(19-13)18-11(2)22/h4-5,10H,3,6-9H2,1-2H3,(H,18,19,22). The minimum Gasteiger partial charge on any atom is -0.450 e. The lowest BCUT2D eigenvalue weighted by Gasteiger charge is -2.34. The molecule has 1 aliphatic rings. The van der Waals surface area contributed by atoms with Crippen LogP contribution in [0.5, 0.6) is 0 Å². The second-order valence-corrected chi connectivity index (χ2v) is 6.89. The number of hydrogen-bond donors (Lipinski definition) is 1. The van der Waals surface area contributed by atoms with Gasteiger partial charge in [-0.3, -0.25) is 9.59 Å². The second kappa shape index (κ2) is 7.69. The van der Waals surface area contributed by atoms with Crippen LogP contribution < -0.4 is 5.32 Å². The van der Waals surface area contributed by atoms with Crippen LogP contribution in [0.2, 0.25) is 0 Å². The van der Waals surface area contributed by atoms with E-state index in [1.165, 1.54) is 18.3 Å². The lowest BCUT2D eigenvalue weighted by Crippen LogP contribution is -2.50. The molecule has 1 aliphatic heterocycles. The Morgan fingerprint density at radius 2 is 1.88 bits per heavy atom. The van der Waals surface area contributed by atoms with Gasteiger partial charge in [0.15, 0.2) is 5.13 Å². The van der Waals surface area contributed by atoms with Crippen molar-refractivity contribution in [1.29, 1.82) is 0 Å². The summed E-state index contributed by atoms with van der Waals surface area (Å²) in [5.41, 5.74) is 1.31. The van der Waals surface area contributed by atoms with E-state index in [1.54, 1.807) is 34.9 Å². The van der Waals surface area contributed by atoms with Gasteiger partial charge in [-0.1, -0.05) is 11.3 Å². The average molecular weight is 376 g/mol. The first-order valence-electron chi connectivity index (χ1n) is 8.37. The molecule has 0 radical (unpaired) electrons. The smallest absolute Gasteiger partial charge is 0.409 e. The number of thiazole rings is 1. The zero-order valence-electron chi connectivity index (χ0n) is 14.7. The minimum atomic E-state index is -0.337. The largest absolute Gasteiger partial charge is 0.450 e. The molecule has 9 heteroatoms. The monoisotopic (exact) mass is 376 g/mol. The van der Waals surface area contributed by atoms with Gasteiger partial charge in [0.1, 0.15) is 0 Å². The van der Waals surface area contributed by atoms with Crippen molar-refractivity contribution in [2.24, 2.45) is 0 Å². The Morgan fingerprint density at radius 3 is 2.54 bits per heavy atom. The van der Waals surface area contributed by atoms with Gasteiger partial charge in [0, 0.05) is 38.7 Å². The molecule has 1 fully saturated rings. The molecule has 2 aromatic rings. The Hall–Kier alpha value is -2.68. The van der Waals surface area contributed by atoms with Crippen molar-refractivity contribution >= 4 is 44.6 Å². The Balaban J connectivity index is 1.68. The summed E-state index contributed by atoms with van der Waals surface area (Å²) in [5, 5.41) is 3.17. The topological polar surface area (TPSA) is 91.8 Å². The van der Waals surface area contributed by atoms with Gasteiger partial charge >= 0.3 is 6.09 Å². The van der Waals surface area contributed by atoms with Gasteiger partial charge in [-0.25, -0.2) is 9.78 Å². The lowest BCUT2D eigenvalue weighted by atomic mass is 10.1. The predicted molar refractivity (Wildman–Crippen MR) is 98.4 cm³/mol. The van der Waals surface area contributed by atoms with E-state index in [9.17, 15) is 14.4 Å². The summed E-state index contributed by atoms with van der Waals surface area (Å²) in [6.45, 7) is 5.39. The third kappa shape index (κ3) is 3.93. The number of nitrogens with one attached hydrogen (secondary N) is 1. The summed E-state index contributed by atoms with van der Waals surface area (Å²) < 4.78 is 5.83. The minimum absolute atomic E-state index is 0.0788. The number of rotatable bonds is 3. The summed E-state index contributed by atoms with van der Waals surface area (Å²) in [6.07, 6.45) is -0.337. The molecule has 1 saturated heterocycles. The molecule has 1 aromatic heterocycles. The van der Waals surface area contributed by atoms with E-state index >= 15 is 0 Å². The molecule has 0 atom stereocenters. The number of aromatic nitrogens is 1. The second-order valence-electron chi connectivity index (χ2n) is 5.86. The molecule has 1 N–H and O–H groups in total. The van der Waals surface area contributed by atoms with E-state index in [-0.39, 0.29) is 17.9 Å². The highest BCUT2D eigenvalue weighted by Crippen LogP contribution is 2.27. The first-order chi connectivity index (χ1) is 12.5. The third-order valence-electron chi connectivity index (χ3n) is 4.01. The van der Waals surface area contributed by atoms with Crippen molar-refractivity contribution in [2.75, 3.05) is 38.1 Å². The van der Waals surface area contributed by atoms with Gasteiger partial charge in [-0.15, -0.1) is 0 Å². The number of anilines is 1. The van der Waals surface area contributed by atoms with Crippen molar-refractivity contribution in [3.8, 4) is 0 Å². The van der Waals surface area contributed by atoms with Crippen molar-refractivity contribution in [3.05, 3.63) is 23.8 Å². The van der Waals surface area contributed by atoms with Crippen LogP contribution in [0.1, 0.15) is 24.2 Å². The molecular formula is C17H20N4O4S. The molecule has 0 spiro atoms. The zero-order valence-corrected chi connectivity index (χ0v) is 15.5. The van der Waals surface area contributed by atoms with E-state index in [0.717, 1.165) is 10.2 Å². The van der Waals surface area contributed by atoms with Crippen LogP contribution in [-0.2, 0) is 9.53 Å². The molecule has 3 amide bonds. The molecule has 138 valence electrons. The Kier molecular flexibility index (Phi) is 5.36. The highest BCUT2D eigenvalue weighted by atomic mass is 32.1. The van der Waals surface area contributed by atoms with Crippen LogP contribution in [0.4, 0.5) is 9.93 Å². The summed E-state index contributed by atoms with van der Waals surface area (Å²) in [5.74, 6) is -0.260. The predicted octanol–water partition coefficient (Wildman–Crippen LogP) is 2.17. The number of ether oxygens (including phenoxy) is 1. The van der Waals surface area contributed by atoms with Crippen LogP contribution in [0, 0.1) is 0 Å². The van der Waals surface area contributed by atoms with E-state index in [0.29, 0.717) is 43.5 Å². The van der Waals surface area contributed by atoms with Crippen molar-refractivity contribution in [1.82, 2.24) is 14.8 Å². The van der Waals surface area contributed by atoms with Crippen molar-refractivity contribution < 1.29 is 19.1 Å². The maximum atomic E-state index is 12.7. The highest BCUT2D eigenvalue weighted by molar-refractivity contribution is 7.22. The number of piperazine rings is 1. The van der Waals surface area contributed by atoms with Crippen LogP contribution in [-0.4, -0.2) is 65.5 Å². The molecule has 8 nitrogen and oxygen atoms in total. The van der Waals surface area contributed by atoms with Crippen LogP contribution in [0.3, 0.4) is 0 Å². The number of amides is 3. The van der Waals surface area contributed by atoms with Gasteiger partial charge < -0.3 is 19.9 Å². The van der Waals surface area contributed by atoms with E-state index in [1.807, 2.05) is 0 Å². The summed E-state index contributed by atoms with van der Waals surface area (Å²) in [7, 11) is 0. The normalized spacial score (nSPS) is 14.4. The van der Waals surface area contributed by atoms with Crippen LogP contribution >= 0.6 is 11.3 Å². The third-order valence-corrected chi connectivity index (χ3v) is 4.94. The van der Waals surface area contributed by atoms with E-state index < -0.39 is 0 Å². The average Bonchev–Trinajstić information content (AvgIpc) is 3.02. The Morgan fingerprint density at radius 1 is 1.19 bits per heavy atom. The summed E-state index contributed by atoms with van der Waals surface area (Å²) in [6, 6.07) is 5.30. The summed E-state index contributed by atoms with van der Waals surface area (Å²) >= 11 is 1.33. The molecule has 0 unspecified atom stereocenters. The lowest BCUT2D eigenvalue weighted by molar-refractivity contribution is -0.114. The van der Waals surface area contributed by atoms with Gasteiger partial charge in [-0.05, 0) is 25.1 Å². The quantitative estimate of drug-likeness (QED) is 0.886. The molecule has 2 heterocycles. The molecule has 0 bridgehead atoms. The molecule has 0 aliphatic carbocycles. The summed E-state index contributed by atoms with van der Waals surface area (Å²) in [4.78, 5) is 43.3. The van der Waals surface area contributed by atoms with Gasteiger partial charge in [0.25, 0.3) is 5.91 Å². The number of carbonyl (C=O) groups is 3. The van der Waals surface area contributed by atoms with Crippen molar-refractivity contribution in [3.63, 3.8) is 0 Å². The number of carbonyl (C=O) groups excluding carboxylic acids is 3. The molecular weight excluding hydrogens is 356 g/mol. The van der Waals surface area contributed by atoms with Crippen molar-refractivity contribution in [2.45, 2.75) is 13.8 Å². The maximum absolute atomic E-state index is 12.7. The molecule has 1 aromatic carbocycles.